The second kappa shape index (κ2) is 8.30. The Bertz CT molecular complexity index is 882. The number of hydrogen-bond donors (Lipinski definition) is 0. The minimum atomic E-state index is -4.89. The molecule has 0 bridgehead atoms. The van der Waals surface area contributed by atoms with E-state index in [1.165, 1.54) is 18.1 Å². The number of halogens is 7. The second-order valence-electron chi connectivity index (χ2n) is 5.66. The van der Waals surface area contributed by atoms with Crippen LogP contribution in [0.4, 0.5) is 30.7 Å². The minimum absolute atomic E-state index is 0.126. The summed E-state index contributed by atoms with van der Waals surface area (Å²) in [5.41, 5.74) is -1.07. The maximum absolute atomic E-state index is 14.0. The first-order valence-electron chi connectivity index (χ1n) is 7.85. The predicted octanol–water partition coefficient (Wildman–Crippen LogP) is 6.28. The fourth-order valence-electron chi connectivity index (χ4n) is 2.35. The summed E-state index contributed by atoms with van der Waals surface area (Å²) >= 11 is 0. The van der Waals surface area contributed by atoms with Gasteiger partial charge in [-0.05, 0) is 47.9 Å². The number of hydrogen-bond acceptors (Lipinski definition) is 0. The second-order valence-corrected chi connectivity index (χ2v) is 5.66. The van der Waals surface area contributed by atoms with Gasteiger partial charge in [0.05, 0.1) is 5.56 Å². The summed E-state index contributed by atoms with van der Waals surface area (Å²) in [6, 6.07) is 3.79. The fourth-order valence-corrected chi connectivity index (χ4v) is 2.35. The van der Waals surface area contributed by atoms with E-state index < -0.39 is 40.6 Å². The topological polar surface area (TPSA) is 0 Å². The maximum Gasteiger partial charge on any atom is 0.458 e. The van der Waals surface area contributed by atoms with Gasteiger partial charge in [0.15, 0.2) is 0 Å². The van der Waals surface area contributed by atoms with Gasteiger partial charge in [0.25, 0.3) is 0 Å². The van der Waals surface area contributed by atoms with Crippen LogP contribution in [-0.2, 0) is 6.42 Å². The van der Waals surface area contributed by atoms with Crippen molar-refractivity contribution in [1.29, 1.82) is 0 Å². The third-order valence-electron chi connectivity index (χ3n) is 3.51. The highest BCUT2D eigenvalue weighted by Gasteiger charge is 2.23. The Morgan fingerprint density at radius 3 is 1.89 bits per heavy atom. The number of rotatable bonds is 4. The van der Waals surface area contributed by atoms with E-state index in [1.807, 2.05) is 6.92 Å². The van der Waals surface area contributed by atoms with E-state index in [4.69, 9.17) is 0 Å². The highest BCUT2D eigenvalue weighted by molar-refractivity contribution is 5.70. The van der Waals surface area contributed by atoms with Gasteiger partial charge in [-0.3, -0.25) is 0 Å². The third-order valence-corrected chi connectivity index (χ3v) is 3.51. The lowest BCUT2D eigenvalue weighted by Crippen LogP contribution is -2.02. The van der Waals surface area contributed by atoms with E-state index in [2.05, 4.69) is 0 Å². The highest BCUT2D eigenvalue weighted by Crippen LogP contribution is 2.22. The molecule has 0 N–H and O–H groups in total. The average molecular weight is 386 g/mol. The SMILES string of the molecule is CCCc1cc(F)c(/C=C/c2cc(F)c(C#CC(F)(F)F)c(F)c2)c(F)c1. The monoisotopic (exact) mass is 386 g/mol. The summed E-state index contributed by atoms with van der Waals surface area (Å²) in [5, 5.41) is 0. The molecule has 0 aliphatic carbocycles. The van der Waals surface area contributed by atoms with Crippen molar-refractivity contribution >= 4 is 12.2 Å². The zero-order valence-electron chi connectivity index (χ0n) is 14.0. The van der Waals surface area contributed by atoms with Gasteiger partial charge in [-0.25, -0.2) is 17.6 Å². The smallest absolute Gasteiger partial charge is 0.206 e. The summed E-state index contributed by atoms with van der Waals surface area (Å²) in [6.45, 7) is 1.86. The standard InChI is InChI=1S/C20H13F7/c1-2-3-12-8-16(21)14(17(22)9-12)5-4-13-10-18(23)15(19(24)11-13)6-7-20(25,26)27/h4-5,8-11H,2-3H2,1H3/b5-4+. The summed E-state index contributed by atoms with van der Waals surface area (Å²) in [5.74, 6) is -2.12. The molecule has 142 valence electrons. The van der Waals surface area contributed by atoms with Crippen LogP contribution in [-0.4, -0.2) is 6.18 Å². The van der Waals surface area contributed by atoms with Crippen molar-refractivity contribution in [2.24, 2.45) is 0 Å². The first-order valence-corrected chi connectivity index (χ1v) is 7.85. The number of benzene rings is 2. The molecule has 0 saturated carbocycles. The highest BCUT2D eigenvalue weighted by atomic mass is 19.4. The van der Waals surface area contributed by atoms with Gasteiger partial charge < -0.3 is 0 Å². The number of alkyl halides is 3. The largest absolute Gasteiger partial charge is 0.458 e. The van der Waals surface area contributed by atoms with Crippen molar-refractivity contribution in [3.63, 3.8) is 0 Å². The van der Waals surface area contributed by atoms with Crippen LogP contribution in [0.15, 0.2) is 24.3 Å². The quantitative estimate of drug-likeness (QED) is 0.330. The molecule has 0 aliphatic heterocycles. The van der Waals surface area contributed by atoms with Crippen LogP contribution in [0.1, 0.15) is 35.6 Å². The van der Waals surface area contributed by atoms with Crippen LogP contribution >= 0.6 is 0 Å². The lowest BCUT2D eigenvalue weighted by Gasteiger charge is -2.05. The molecule has 0 unspecified atom stereocenters. The molecule has 0 saturated heterocycles. The molecule has 7 heteroatoms. The van der Waals surface area contributed by atoms with E-state index >= 15 is 0 Å². The van der Waals surface area contributed by atoms with Crippen LogP contribution in [0.2, 0.25) is 0 Å². The minimum Gasteiger partial charge on any atom is -0.206 e. The summed E-state index contributed by atoms with van der Waals surface area (Å²) < 4.78 is 91.8. The molecule has 2 aromatic rings. The number of aryl methyl sites for hydroxylation is 1. The van der Waals surface area contributed by atoms with Gasteiger partial charge in [0.1, 0.15) is 23.3 Å². The molecule has 2 aromatic carbocycles. The first kappa shape index (κ1) is 20.6. The van der Waals surface area contributed by atoms with Gasteiger partial charge in [-0.15, -0.1) is 0 Å². The van der Waals surface area contributed by atoms with Crippen LogP contribution in [0.25, 0.3) is 12.2 Å². The molecule has 27 heavy (non-hydrogen) atoms. The molecular weight excluding hydrogens is 373 g/mol. The molecule has 0 amide bonds. The molecule has 0 spiro atoms. The van der Waals surface area contributed by atoms with Gasteiger partial charge in [-0.2, -0.15) is 13.2 Å². The van der Waals surface area contributed by atoms with Crippen molar-refractivity contribution in [2.75, 3.05) is 0 Å². The average Bonchev–Trinajstić information content (AvgIpc) is 2.52. The molecule has 0 fully saturated rings. The van der Waals surface area contributed by atoms with Crippen LogP contribution in [0.3, 0.4) is 0 Å². The molecule has 0 atom stereocenters. The van der Waals surface area contributed by atoms with E-state index in [1.54, 1.807) is 0 Å². The summed E-state index contributed by atoms with van der Waals surface area (Å²) in [7, 11) is 0. The Morgan fingerprint density at radius 1 is 0.852 bits per heavy atom. The normalized spacial score (nSPS) is 11.6. The van der Waals surface area contributed by atoms with Crippen LogP contribution in [0, 0.1) is 35.1 Å². The van der Waals surface area contributed by atoms with E-state index in [0.29, 0.717) is 18.4 Å². The maximum atomic E-state index is 14.0. The van der Waals surface area contributed by atoms with Gasteiger partial charge in [0, 0.05) is 11.5 Å². The molecule has 0 nitrogen and oxygen atoms in total. The molecule has 0 aromatic heterocycles. The van der Waals surface area contributed by atoms with Crippen molar-refractivity contribution in [3.8, 4) is 11.8 Å². The first-order chi connectivity index (χ1) is 12.6. The summed E-state index contributed by atoms with van der Waals surface area (Å²) in [4.78, 5) is 0. The zero-order valence-corrected chi connectivity index (χ0v) is 14.0. The van der Waals surface area contributed by atoms with Crippen LogP contribution < -0.4 is 0 Å². The van der Waals surface area contributed by atoms with Gasteiger partial charge >= 0.3 is 6.18 Å². The van der Waals surface area contributed by atoms with Crippen LogP contribution in [0.5, 0.6) is 0 Å². The molecular formula is C20H13F7. The van der Waals surface area contributed by atoms with Crippen molar-refractivity contribution in [2.45, 2.75) is 25.9 Å². The summed E-state index contributed by atoms with van der Waals surface area (Å²) in [6.07, 6.45) is -1.65. The Labute approximate surface area is 151 Å². The lowest BCUT2D eigenvalue weighted by molar-refractivity contribution is -0.0696. The molecule has 2 rings (SSSR count). The Kier molecular flexibility index (Phi) is 6.32. The Balaban J connectivity index is 2.34. The molecule has 0 radical (unpaired) electrons. The fraction of sp³-hybridized carbons (Fsp3) is 0.200. The zero-order chi connectivity index (χ0) is 20.2. The predicted molar refractivity (Wildman–Crippen MR) is 88.6 cm³/mol. The van der Waals surface area contributed by atoms with E-state index in [9.17, 15) is 30.7 Å². The van der Waals surface area contributed by atoms with Crippen molar-refractivity contribution in [1.82, 2.24) is 0 Å². The molecule has 0 heterocycles. The molecule has 0 aliphatic rings. The van der Waals surface area contributed by atoms with Gasteiger partial charge in [0.2, 0.25) is 0 Å². The Hall–Kier alpha value is -2.75. The third kappa shape index (κ3) is 5.61. The van der Waals surface area contributed by atoms with Crippen molar-refractivity contribution in [3.05, 3.63) is 69.8 Å². The van der Waals surface area contributed by atoms with E-state index in [-0.39, 0.29) is 5.56 Å². The van der Waals surface area contributed by atoms with E-state index in [0.717, 1.165) is 30.2 Å². The lowest BCUT2D eigenvalue weighted by atomic mass is 10.0. The van der Waals surface area contributed by atoms with Crippen molar-refractivity contribution < 1.29 is 30.7 Å². The van der Waals surface area contributed by atoms with Gasteiger partial charge in [-0.1, -0.05) is 25.3 Å². The Morgan fingerprint density at radius 2 is 1.41 bits per heavy atom.